The smallest absolute Gasteiger partial charge is 0.311 e. The first kappa shape index (κ1) is 14.1. The number of rotatable bonds is 4. The molecule has 1 aromatic rings. The Labute approximate surface area is 110 Å². The van der Waals surface area contributed by atoms with Crippen LogP contribution in [-0.4, -0.2) is 25.2 Å². The lowest BCUT2D eigenvalue weighted by atomic mass is 10.2. The Kier molecular flexibility index (Phi) is 5.03. The summed E-state index contributed by atoms with van der Waals surface area (Å²) < 4.78 is 35.1. The molecule has 0 spiro atoms. The molecule has 1 rings (SSSR count). The van der Waals surface area contributed by atoms with E-state index in [2.05, 4.69) is 9.72 Å². The van der Waals surface area contributed by atoms with Crippen LogP contribution in [-0.2, 0) is 16.0 Å². The molecule has 0 aliphatic carbocycles. The van der Waals surface area contributed by atoms with Crippen molar-refractivity contribution in [2.24, 2.45) is 0 Å². The third-order valence-corrected chi connectivity index (χ3v) is 3.17. The van der Waals surface area contributed by atoms with Crippen molar-refractivity contribution in [3.8, 4) is 5.75 Å². The maximum Gasteiger partial charge on any atom is 0.311 e. The highest BCUT2D eigenvalue weighted by Crippen LogP contribution is 2.33. The predicted molar refractivity (Wildman–Crippen MR) is 64.2 cm³/mol. The van der Waals surface area contributed by atoms with E-state index in [1.165, 1.54) is 14.2 Å². The van der Waals surface area contributed by atoms with Gasteiger partial charge in [-0.25, -0.2) is 8.78 Å². The van der Waals surface area contributed by atoms with Gasteiger partial charge in [-0.1, -0.05) is 0 Å². The summed E-state index contributed by atoms with van der Waals surface area (Å²) in [6.07, 6.45) is -1.73. The van der Waals surface area contributed by atoms with Crippen LogP contribution in [0.2, 0.25) is 0 Å². The minimum atomic E-state index is -2.67. The Hall–Kier alpha value is -0.990. The van der Waals surface area contributed by atoms with Crippen molar-refractivity contribution in [1.29, 1.82) is 0 Å². The molecule has 1 aromatic heterocycles. The summed E-state index contributed by atoms with van der Waals surface area (Å²) in [5.41, 5.74) is 0.0733. The van der Waals surface area contributed by atoms with Gasteiger partial charge in [0.15, 0.2) is 0 Å². The largest absolute Gasteiger partial charge is 0.495 e. The van der Waals surface area contributed by atoms with Gasteiger partial charge < -0.3 is 9.47 Å². The van der Waals surface area contributed by atoms with E-state index in [1.54, 1.807) is 0 Å². The van der Waals surface area contributed by atoms with Crippen molar-refractivity contribution < 1.29 is 23.0 Å². The Balaban J connectivity index is 3.15. The number of alkyl halides is 2. The third kappa shape index (κ3) is 3.24. The lowest BCUT2D eigenvalue weighted by Crippen LogP contribution is -2.09. The van der Waals surface area contributed by atoms with Crippen LogP contribution in [0.5, 0.6) is 5.75 Å². The molecular formula is C10H10F2INO3. The number of methoxy groups -OCH3 is 2. The fourth-order valence-corrected chi connectivity index (χ4v) is 2.08. The van der Waals surface area contributed by atoms with Gasteiger partial charge in [0, 0.05) is 6.20 Å². The highest BCUT2D eigenvalue weighted by molar-refractivity contribution is 14.1. The average Bonchev–Trinajstić information content (AvgIpc) is 2.30. The number of nitrogens with zero attached hydrogens (tertiary/aromatic N) is 1. The average molecular weight is 357 g/mol. The van der Waals surface area contributed by atoms with E-state index in [-0.39, 0.29) is 17.7 Å². The van der Waals surface area contributed by atoms with Crippen LogP contribution in [0.3, 0.4) is 0 Å². The number of pyridine rings is 1. The molecular weight excluding hydrogens is 347 g/mol. The summed E-state index contributed by atoms with van der Waals surface area (Å²) in [5.74, 6) is -0.434. The molecule has 0 atom stereocenters. The zero-order chi connectivity index (χ0) is 13.0. The van der Waals surface area contributed by atoms with E-state index in [1.807, 2.05) is 22.6 Å². The van der Waals surface area contributed by atoms with Gasteiger partial charge in [-0.3, -0.25) is 9.78 Å². The highest BCUT2D eigenvalue weighted by atomic mass is 127. The molecule has 0 saturated heterocycles. The van der Waals surface area contributed by atoms with Crippen LogP contribution in [0.15, 0.2) is 6.20 Å². The standard InChI is InChI=1S/C10H10F2INO3/c1-16-7(15)3-6-8(13)9(17-2)5(4-14-6)10(11)12/h4,10H,3H2,1-2H3. The topological polar surface area (TPSA) is 48.4 Å². The second-order valence-corrected chi connectivity index (χ2v) is 4.14. The maximum atomic E-state index is 12.6. The molecule has 0 bridgehead atoms. The SMILES string of the molecule is COC(=O)Cc1ncc(C(F)F)c(OC)c1I. The summed E-state index contributed by atoms with van der Waals surface area (Å²) in [7, 11) is 2.55. The van der Waals surface area contributed by atoms with Gasteiger partial charge in [-0.05, 0) is 22.6 Å². The van der Waals surface area contributed by atoms with Crippen LogP contribution >= 0.6 is 22.6 Å². The Morgan fingerprint density at radius 2 is 2.18 bits per heavy atom. The van der Waals surface area contributed by atoms with Crippen LogP contribution in [0.4, 0.5) is 8.78 Å². The minimum Gasteiger partial charge on any atom is -0.495 e. The van der Waals surface area contributed by atoms with E-state index in [0.717, 1.165) is 6.20 Å². The summed E-state index contributed by atoms with van der Waals surface area (Å²) in [6, 6.07) is 0. The zero-order valence-corrected chi connectivity index (χ0v) is 11.3. The molecule has 0 N–H and O–H groups in total. The first-order valence-corrected chi connectivity index (χ1v) is 5.65. The van der Waals surface area contributed by atoms with E-state index < -0.39 is 12.4 Å². The predicted octanol–water partition coefficient (Wildman–Crippen LogP) is 2.35. The van der Waals surface area contributed by atoms with Crippen molar-refractivity contribution in [2.75, 3.05) is 14.2 Å². The summed E-state index contributed by atoms with van der Waals surface area (Å²) in [5, 5.41) is 0. The maximum absolute atomic E-state index is 12.6. The van der Waals surface area contributed by atoms with Crippen LogP contribution in [0.1, 0.15) is 17.7 Å². The van der Waals surface area contributed by atoms with Crippen LogP contribution < -0.4 is 4.74 Å². The number of esters is 1. The second-order valence-electron chi connectivity index (χ2n) is 3.06. The molecule has 1 heterocycles. The van der Waals surface area contributed by atoms with Gasteiger partial charge in [0.2, 0.25) is 0 Å². The van der Waals surface area contributed by atoms with E-state index in [0.29, 0.717) is 9.26 Å². The fraction of sp³-hybridized carbons (Fsp3) is 0.400. The third-order valence-electron chi connectivity index (χ3n) is 2.05. The molecule has 0 aliphatic rings. The number of hydrogen-bond donors (Lipinski definition) is 0. The second kappa shape index (κ2) is 6.08. The molecule has 4 nitrogen and oxygen atoms in total. The first-order chi connectivity index (χ1) is 8.01. The zero-order valence-electron chi connectivity index (χ0n) is 9.17. The molecule has 0 aromatic carbocycles. The van der Waals surface area contributed by atoms with Crippen LogP contribution in [0.25, 0.3) is 0 Å². The normalized spacial score (nSPS) is 10.5. The van der Waals surface area contributed by atoms with Crippen molar-refractivity contribution in [2.45, 2.75) is 12.8 Å². The van der Waals surface area contributed by atoms with Crippen molar-refractivity contribution in [3.63, 3.8) is 0 Å². The number of carbonyl (C=O) groups excluding carboxylic acids is 1. The van der Waals surface area contributed by atoms with E-state index in [9.17, 15) is 13.6 Å². The summed E-state index contributed by atoms with van der Waals surface area (Å²) in [4.78, 5) is 14.9. The Morgan fingerprint density at radius 1 is 1.53 bits per heavy atom. The van der Waals surface area contributed by atoms with Gasteiger partial charge in [-0.15, -0.1) is 0 Å². The van der Waals surface area contributed by atoms with Gasteiger partial charge in [-0.2, -0.15) is 0 Å². The molecule has 0 aliphatic heterocycles. The monoisotopic (exact) mass is 357 g/mol. The molecule has 0 amide bonds. The lowest BCUT2D eigenvalue weighted by Gasteiger charge is -2.12. The quantitative estimate of drug-likeness (QED) is 0.613. The number of carbonyl (C=O) groups is 1. The Bertz CT molecular complexity index is 426. The molecule has 17 heavy (non-hydrogen) atoms. The molecule has 7 heteroatoms. The van der Waals surface area contributed by atoms with E-state index in [4.69, 9.17) is 4.74 Å². The number of hydrogen-bond acceptors (Lipinski definition) is 4. The van der Waals surface area contributed by atoms with Crippen molar-refractivity contribution in [3.05, 3.63) is 21.0 Å². The Morgan fingerprint density at radius 3 is 2.65 bits per heavy atom. The summed E-state index contributed by atoms with van der Waals surface area (Å²) >= 11 is 1.82. The summed E-state index contributed by atoms with van der Waals surface area (Å²) in [6.45, 7) is 0. The van der Waals surface area contributed by atoms with Gasteiger partial charge in [0.05, 0.1) is 35.5 Å². The molecule has 0 fully saturated rings. The number of halogens is 3. The number of aromatic nitrogens is 1. The lowest BCUT2D eigenvalue weighted by molar-refractivity contribution is -0.139. The van der Waals surface area contributed by atoms with Crippen molar-refractivity contribution >= 4 is 28.6 Å². The van der Waals surface area contributed by atoms with Gasteiger partial charge >= 0.3 is 5.97 Å². The molecule has 94 valence electrons. The van der Waals surface area contributed by atoms with Gasteiger partial charge in [0.1, 0.15) is 5.75 Å². The molecule has 0 unspecified atom stereocenters. The van der Waals surface area contributed by atoms with E-state index >= 15 is 0 Å². The number of ether oxygens (including phenoxy) is 2. The first-order valence-electron chi connectivity index (χ1n) is 4.57. The minimum absolute atomic E-state index is 0.0505. The molecule has 0 radical (unpaired) electrons. The van der Waals surface area contributed by atoms with Crippen LogP contribution in [0, 0.1) is 3.57 Å². The highest BCUT2D eigenvalue weighted by Gasteiger charge is 2.21. The fourth-order valence-electron chi connectivity index (χ4n) is 1.22. The van der Waals surface area contributed by atoms with Crippen molar-refractivity contribution in [1.82, 2.24) is 4.98 Å². The van der Waals surface area contributed by atoms with Gasteiger partial charge in [0.25, 0.3) is 6.43 Å². The molecule has 0 saturated carbocycles.